The molecule has 0 aliphatic rings. The lowest BCUT2D eigenvalue weighted by atomic mass is 10.1. The molecule has 0 aliphatic heterocycles. The van der Waals surface area contributed by atoms with Crippen molar-refractivity contribution in [1.82, 2.24) is 15.5 Å². The van der Waals surface area contributed by atoms with E-state index in [0.29, 0.717) is 5.69 Å². The van der Waals surface area contributed by atoms with Gasteiger partial charge in [-0.05, 0) is 6.07 Å². The summed E-state index contributed by atoms with van der Waals surface area (Å²) < 4.78 is 0. The number of nitrogens with one attached hydrogen (secondary N) is 2. The molecule has 0 spiro atoms. The Morgan fingerprint density at radius 1 is 1.29 bits per heavy atom. The fourth-order valence-electron chi connectivity index (χ4n) is 1.74. The van der Waals surface area contributed by atoms with Crippen LogP contribution in [0.4, 0.5) is 0 Å². The third-order valence-corrected chi connectivity index (χ3v) is 2.88. The summed E-state index contributed by atoms with van der Waals surface area (Å²) >= 11 is 0. The summed E-state index contributed by atoms with van der Waals surface area (Å²) in [6, 6.07) is 11.0. The molecule has 21 heavy (non-hydrogen) atoms. The predicted octanol–water partition coefficient (Wildman–Crippen LogP) is 0.642. The summed E-state index contributed by atoms with van der Waals surface area (Å²) in [5.74, 6) is -1.71. The second-order valence-electron chi connectivity index (χ2n) is 4.43. The zero-order valence-electron chi connectivity index (χ0n) is 11.1. The molecule has 0 unspecified atom stereocenters. The Labute approximate surface area is 120 Å². The van der Waals surface area contributed by atoms with Gasteiger partial charge in [-0.3, -0.25) is 9.89 Å². The Bertz CT molecular complexity index is 624. The Balaban J connectivity index is 1.92. The number of aromatic amines is 1. The van der Waals surface area contributed by atoms with E-state index in [-0.39, 0.29) is 18.7 Å². The van der Waals surface area contributed by atoms with E-state index in [1.165, 1.54) is 0 Å². The Hall–Kier alpha value is -2.67. The molecule has 0 saturated heterocycles. The second-order valence-corrected chi connectivity index (χ2v) is 4.43. The van der Waals surface area contributed by atoms with Crippen LogP contribution in [0.3, 0.4) is 0 Å². The van der Waals surface area contributed by atoms with Crippen molar-refractivity contribution in [2.24, 2.45) is 0 Å². The number of benzene rings is 1. The third kappa shape index (κ3) is 3.90. The number of aliphatic hydroxyl groups is 1. The van der Waals surface area contributed by atoms with Gasteiger partial charge < -0.3 is 15.5 Å². The lowest BCUT2D eigenvalue weighted by Gasteiger charge is -2.05. The van der Waals surface area contributed by atoms with E-state index in [1.807, 2.05) is 30.3 Å². The molecule has 1 aromatic carbocycles. The van der Waals surface area contributed by atoms with Crippen molar-refractivity contribution < 1.29 is 19.8 Å². The molecular formula is C14H15N3O4. The first-order valence-corrected chi connectivity index (χ1v) is 6.38. The smallest absolute Gasteiger partial charge is 0.332 e. The van der Waals surface area contributed by atoms with E-state index < -0.39 is 18.0 Å². The summed E-state index contributed by atoms with van der Waals surface area (Å²) in [7, 11) is 0. The molecule has 1 aromatic heterocycles. The number of aromatic nitrogens is 2. The highest BCUT2D eigenvalue weighted by Gasteiger charge is 2.14. The van der Waals surface area contributed by atoms with Crippen LogP contribution in [-0.4, -0.2) is 44.9 Å². The average Bonchev–Trinajstić information content (AvgIpc) is 2.97. The van der Waals surface area contributed by atoms with Gasteiger partial charge in [-0.1, -0.05) is 30.3 Å². The van der Waals surface area contributed by atoms with Gasteiger partial charge in [0.1, 0.15) is 5.69 Å². The van der Waals surface area contributed by atoms with E-state index in [2.05, 4.69) is 15.5 Å². The minimum atomic E-state index is -1.48. The fourth-order valence-corrected chi connectivity index (χ4v) is 1.74. The number of carboxylic acid groups (broad SMARTS) is 1. The van der Waals surface area contributed by atoms with Gasteiger partial charge in [0, 0.05) is 18.5 Å². The number of hydrogen-bond acceptors (Lipinski definition) is 4. The lowest BCUT2D eigenvalue weighted by molar-refractivity contribution is -0.146. The zero-order valence-corrected chi connectivity index (χ0v) is 11.1. The van der Waals surface area contributed by atoms with Crippen LogP contribution in [0, 0.1) is 0 Å². The second kappa shape index (κ2) is 6.67. The number of aliphatic carboxylic acids is 1. The van der Waals surface area contributed by atoms with Crippen molar-refractivity contribution >= 4 is 11.9 Å². The van der Waals surface area contributed by atoms with Gasteiger partial charge in [0.15, 0.2) is 6.10 Å². The molecule has 1 atom stereocenters. The van der Waals surface area contributed by atoms with Gasteiger partial charge in [-0.2, -0.15) is 5.10 Å². The van der Waals surface area contributed by atoms with Crippen LogP contribution in [0.1, 0.15) is 16.9 Å². The van der Waals surface area contributed by atoms with Crippen LogP contribution in [0.15, 0.2) is 36.4 Å². The highest BCUT2D eigenvalue weighted by Crippen LogP contribution is 2.16. The fraction of sp³-hybridized carbons (Fsp3) is 0.214. The molecule has 0 aliphatic carbocycles. The monoisotopic (exact) mass is 289 g/mol. The first-order valence-electron chi connectivity index (χ1n) is 6.38. The van der Waals surface area contributed by atoms with E-state index in [0.717, 1.165) is 5.56 Å². The van der Waals surface area contributed by atoms with Gasteiger partial charge in [-0.25, -0.2) is 4.79 Å². The highest BCUT2D eigenvalue weighted by atomic mass is 16.4. The van der Waals surface area contributed by atoms with E-state index in [9.17, 15) is 9.59 Å². The van der Waals surface area contributed by atoms with Crippen molar-refractivity contribution in [3.63, 3.8) is 0 Å². The number of carbonyl (C=O) groups excluding carboxylic acids is 1. The number of amides is 1. The van der Waals surface area contributed by atoms with Crippen LogP contribution in [-0.2, 0) is 4.79 Å². The molecule has 2 aromatic rings. The van der Waals surface area contributed by atoms with Crippen molar-refractivity contribution in [3.8, 4) is 11.3 Å². The maximum atomic E-state index is 11.8. The molecule has 1 heterocycles. The van der Waals surface area contributed by atoms with Gasteiger partial charge in [0.2, 0.25) is 0 Å². The van der Waals surface area contributed by atoms with E-state index >= 15 is 0 Å². The van der Waals surface area contributed by atoms with Gasteiger partial charge in [0.05, 0.1) is 5.69 Å². The maximum absolute atomic E-state index is 11.8. The normalized spacial score (nSPS) is 11.9. The summed E-state index contributed by atoms with van der Waals surface area (Å²) in [6.07, 6.45) is -1.53. The topological polar surface area (TPSA) is 115 Å². The molecule has 0 fully saturated rings. The van der Waals surface area contributed by atoms with Gasteiger partial charge >= 0.3 is 5.97 Å². The molecular weight excluding hydrogens is 274 g/mol. The number of H-pyrrole nitrogens is 1. The average molecular weight is 289 g/mol. The molecule has 1 amide bonds. The number of carbonyl (C=O) groups is 2. The summed E-state index contributed by atoms with van der Waals surface area (Å²) in [6.45, 7) is 0.0615. The number of hydrogen-bond donors (Lipinski definition) is 4. The minimum absolute atomic E-state index is 0.0548. The predicted molar refractivity (Wildman–Crippen MR) is 74.6 cm³/mol. The summed E-state index contributed by atoms with van der Waals surface area (Å²) in [5, 5.41) is 26.8. The van der Waals surface area contributed by atoms with E-state index in [1.54, 1.807) is 6.07 Å². The van der Waals surface area contributed by atoms with Crippen molar-refractivity contribution in [2.75, 3.05) is 6.54 Å². The zero-order chi connectivity index (χ0) is 15.2. The van der Waals surface area contributed by atoms with Crippen molar-refractivity contribution in [2.45, 2.75) is 12.5 Å². The van der Waals surface area contributed by atoms with Gasteiger partial charge in [0.25, 0.3) is 5.91 Å². The minimum Gasteiger partial charge on any atom is -0.479 e. The first kappa shape index (κ1) is 14.7. The molecule has 0 saturated carbocycles. The maximum Gasteiger partial charge on any atom is 0.332 e. The molecule has 7 heteroatoms. The molecule has 0 bridgehead atoms. The lowest BCUT2D eigenvalue weighted by Crippen LogP contribution is -2.30. The van der Waals surface area contributed by atoms with Crippen LogP contribution < -0.4 is 5.32 Å². The Kier molecular flexibility index (Phi) is 4.68. The quantitative estimate of drug-likeness (QED) is 0.623. The van der Waals surface area contributed by atoms with Crippen LogP contribution in [0.5, 0.6) is 0 Å². The van der Waals surface area contributed by atoms with Crippen molar-refractivity contribution in [1.29, 1.82) is 0 Å². The summed E-state index contributed by atoms with van der Waals surface area (Å²) in [5.41, 5.74) is 1.80. The van der Waals surface area contributed by atoms with Crippen LogP contribution in [0.2, 0.25) is 0 Å². The largest absolute Gasteiger partial charge is 0.479 e. The molecule has 0 radical (unpaired) electrons. The molecule has 4 N–H and O–H groups in total. The SMILES string of the molecule is O=C(NCC[C@H](O)C(=O)O)c1cc(-c2ccccc2)n[nH]1. The Morgan fingerprint density at radius 2 is 2.00 bits per heavy atom. The third-order valence-electron chi connectivity index (χ3n) is 2.88. The summed E-state index contributed by atoms with van der Waals surface area (Å²) in [4.78, 5) is 22.3. The number of nitrogens with zero attached hydrogens (tertiary/aromatic N) is 1. The van der Waals surface area contributed by atoms with E-state index in [4.69, 9.17) is 10.2 Å². The molecule has 110 valence electrons. The van der Waals surface area contributed by atoms with Gasteiger partial charge in [-0.15, -0.1) is 0 Å². The van der Waals surface area contributed by atoms with Crippen LogP contribution >= 0.6 is 0 Å². The highest BCUT2D eigenvalue weighted by molar-refractivity contribution is 5.93. The standard InChI is InChI=1S/C14H15N3O4/c18-12(14(20)21)6-7-15-13(19)11-8-10(16-17-11)9-4-2-1-3-5-9/h1-5,8,12,18H,6-7H2,(H,15,19)(H,16,17)(H,20,21)/t12-/m0/s1. The number of rotatable bonds is 6. The number of aliphatic hydroxyl groups excluding tert-OH is 1. The molecule has 7 nitrogen and oxygen atoms in total. The Morgan fingerprint density at radius 3 is 2.67 bits per heavy atom. The first-order chi connectivity index (χ1) is 10.1. The van der Waals surface area contributed by atoms with Crippen molar-refractivity contribution in [3.05, 3.63) is 42.1 Å². The number of carboxylic acids is 1. The van der Waals surface area contributed by atoms with Crippen LogP contribution in [0.25, 0.3) is 11.3 Å². The molecule has 2 rings (SSSR count).